The highest BCUT2D eigenvalue weighted by atomic mass is 32.1. The monoisotopic (exact) mass is 464 g/mol. The molecule has 1 amide bonds. The maximum absolute atomic E-state index is 12.5. The molecule has 0 unspecified atom stereocenters. The molecule has 11 heteroatoms. The average Bonchev–Trinajstić information content (AvgIpc) is 3.19. The lowest BCUT2D eigenvalue weighted by Gasteiger charge is -2.25. The molecule has 1 aliphatic heterocycles. The van der Waals surface area contributed by atoms with Gasteiger partial charge >= 0.3 is 17.9 Å². The van der Waals surface area contributed by atoms with E-state index in [1.54, 1.807) is 6.92 Å². The largest absolute Gasteiger partial charge is 0.473 e. The predicted molar refractivity (Wildman–Crippen MR) is 117 cm³/mol. The van der Waals surface area contributed by atoms with Gasteiger partial charge in [-0.05, 0) is 12.5 Å². The fourth-order valence-corrected chi connectivity index (χ4v) is 3.79. The van der Waals surface area contributed by atoms with Crippen molar-refractivity contribution in [2.75, 3.05) is 44.8 Å². The highest BCUT2D eigenvalue weighted by Crippen LogP contribution is 2.36. The van der Waals surface area contributed by atoms with Crippen molar-refractivity contribution in [3.63, 3.8) is 0 Å². The van der Waals surface area contributed by atoms with Gasteiger partial charge in [0.25, 0.3) is 0 Å². The van der Waals surface area contributed by atoms with Gasteiger partial charge in [-0.2, -0.15) is 0 Å². The zero-order chi connectivity index (χ0) is 23.5. The summed E-state index contributed by atoms with van der Waals surface area (Å²) in [7, 11) is 0. The molecule has 0 aliphatic carbocycles. The van der Waals surface area contributed by atoms with E-state index in [-0.39, 0.29) is 19.1 Å². The number of rotatable bonds is 6. The molecule has 32 heavy (non-hydrogen) atoms. The molecular formula is C21H24N2O8S. The fraction of sp³-hybridized carbons (Fsp3) is 0.333. The molecule has 172 valence electrons. The molecule has 1 aromatic carbocycles. The third-order valence-corrected chi connectivity index (χ3v) is 5.16. The van der Waals surface area contributed by atoms with Gasteiger partial charge in [0.15, 0.2) is 0 Å². The Morgan fingerprint density at radius 2 is 1.72 bits per heavy atom. The van der Waals surface area contributed by atoms with Crippen LogP contribution in [0.25, 0.3) is 11.1 Å². The Balaban J connectivity index is 0.000000534. The molecule has 10 nitrogen and oxygen atoms in total. The van der Waals surface area contributed by atoms with E-state index in [0.29, 0.717) is 23.8 Å². The van der Waals surface area contributed by atoms with E-state index in [1.165, 1.54) is 11.3 Å². The molecule has 3 rings (SSSR count). The summed E-state index contributed by atoms with van der Waals surface area (Å²) in [4.78, 5) is 45.2. The van der Waals surface area contributed by atoms with Crippen LogP contribution in [0.4, 0.5) is 5.00 Å². The molecule has 1 saturated heterocycles. The minimum absolute atomic E-state index is 0.140. The number of anilines is 1. The number of morpholine rings is 1. The summed E-state index contributed by atoms with van der Waals surface area (Å²) in [5, 5.41) is 20.1. The van der Waals surface area contributed by atoms with Crippen molar-refractivity contribution >= 4 is 40.2 Å². The van der Waals surface area contributed by atoms with Crippen LogP contribution in [-0.2, 0) is 23.9 Å². The van der Waals surface area contributed by atoms with Crippen LogP contribution in [0.5, 0.6) is 0 Å². The van der Waals surface area contributed by atoms with Crippen LogP contribution in [0.3, 0.4) is 0 Å². The zero-order valence-corrected chi connectivity index (χ0v) is 18.2. The molecule has 1 fully saturated rings. The Morgan fingerprint density at radius 3 is 2.28 bits per heavy atom. The lowest BCUT2D eigenvalue weighted by Crippen LogP contribution is -2.41. The Labute approximate surface area is 188 Å². The van der Waals surface area contributed by atoms with E-state index < -0.39 is 17.9 Å². The number of nitrogens with one attached hydrogen (secondary N) is 1. The van der Waals surface area contributed by atoms with Crippen molar-refractivity contribution in [1.82, 2.24) is 4.90 Å². The van der Waals surface area contributed by atoms with Crippen LogP contribution in [0.1, 0.15) is 17.3 Å². The van der Waals surface area contributed by atoms with Crippen molar-refractivity contribution in [2.45, 2.75) is 6.92 Å². The quantitative estimate of drug-likeness (QED) is 0.432. The summed E-state index contributed by atoms with van der Waals surface area (Å²) in [5.41, 5.74) is 2.11. The van der Waals surface area contributed by atoms with Gasteiger partial charge in [-0.15, -0.1) is 11.3 Å². The average molecular weight is 464 g/mol. The second kappa shape index (κ2) is 12.5. The maximum Gasteiger partial charge on any atom is 0.414 e. The van der Waals surface area contributed by atoms with Crippen LogP contribution in [0.15, 0.2) is 35.7 Å². The third-order valence-electron chi connectivity index (χ3n) is 4.26. The van der Waals surface area contributed by atoms with E-state index in [1.807, 2.05) is 40.6 Å². The Kier molecular flexibility index (Phi) is 9.79. The predicted octanol–water partition coefficient (Wildman–Crippen LogP) is 2.02. The molecule has 1 aliphatic rings. The van der Waals surface area contributed by atoms with Crippen molar-refractivity contribution < 1.29 is 38.9 Å². The van der Waals surface area contributed by atoms with Crippen LogP contribution in [0, 0.1) is 0 Å². The van der Waals surface area contributed by atoms with Crippen LogP contribution in [-0.4, -0.2) is 78.4 Å². The van der Waals surface area contributed by atoms with Crippen molar-refractivity contribution in [2.24, 2.45) is 0 Å². The number of benzene rings is 1. The van der Waals surface area contributed by atoms with Crippen LogP contribution >= 0.6 is 11.3 Å². The molecule has 1 aromatic heterocycles. The normalized spacial score (nSPS) is 13.4. The Morgan fingerprint density at radius 1 is 1.09 bits per heavy atom. The Hall–Kier alpha value is -3.28. The molecule has 0 radical (unpaired) electrons. The van der Waals surface area contributed by atoms with Crippen molar-refractivity contribution in [1.29, 1.82) is 0 Å². The molecule has 3 N–H and O–H groups in total. The zero-order valence-electron chi connectivity index (χ0n) is 17.4. The van der Waals surface area contributed by atoms with Crippen molar-refractivity contribution in [3.8, 4) is 11.1 Å². The van der Waals surface area contributed by atoms with Gasteiger partial charge in [0.05, 0.1) is 26.4 Å². The van der Waals surface area contributed by atoms with Gasteiger partial charge in [0.2, 0.25) is 5.91 Å². The molecular weight excluding hydrogens is 440 g/mol. The lowest BCUT2D eigenvalue weighted by atomic mass is 10.0. The number of thiophene rings is 1. The SMILES string of the molecule is CCOC(=O)c1c(-c2ccccc2)csc1NC(=O)CN1CCOCC1.O=C(O)C(=O)O. The minimum Gasteiger partial charge on any atom is -0.473 e. The molecule has 0 spiro atoms. The summed E-state index contributed by atoms with van der Waals surface area (Å²) in [6.07, 6.45) is 0. The smallest absolute Gasteiger partial charge is 0.414 e. The number of nitrogens with zero attached hydrogens (tertiary/aromatic N) is 1. The Bertz CT molecular complexity index is 927. The molecule has 0 atom stereocenters. The number of esters is 1. The summed E-state index contributed by atoms with van der Waals surface area (Å²) in [6, 6.07) is 9.62. The second-order valence-electron chi connectivity index (χ2n) is 6.49. The van der Waals surface area contributed by atoms with Gasteiger partial charge in [-0.1, -0.05) is 30.3 Å². The first-order chi connectivity index (χ1) is 15.3. The van der Waals surface area contributed by atoms with Gasteiger partial charge in [-0.25, -0.2) is 14.4 Å². The second-order valence-corrected chi connectivity index (χ2v) is 7.37. The molecule has 2 heterocycles. The van der Waals surface area contributed by atoms with Crippen LogP contribution in [0.2, 0.25) is 0 Å². The molecule has 0 saturated carbocycles. The number of aliphatic carboxylic acids is 2. The number of carboxylic acids is 2. The van der Waals surface area contributed by atoms with E-state index in [2.05, 4.69) is 5.32 Å². The van der Waals surface area contributed by atoms with Gasteiger partial charge in [0.1, 0.15) is 10.6 Å². The van der Waals surface area contributed by atoms with Gasteiger partial charge in [-0.3, -0.25) is 9.69 Å². The minimum atomic E-state index is -1.82. The highest BCUT2D eigenvalue weighted by molar-refractivity contribution is 7.15. The summed E-state index contributed by atoms with van der Waals surface area (Å²) < 4.78 is 10.5. The number of carbonyl (C=O) groups is 4. The summed E-state index contributed by atoms with van der Waals surface area (Å²) in [6.45, 7) is 5.07. The first-order valence-electron chi connectivity index (χ1n) is 9.73. The number of carboxylic acid groups (broad SMARTS) is 2. The molecule has 2 aromatic rings. The fourth-order valence-electron chi connectivity index (χ4n) is 2.81. The third kappa shape index (κ3) is 7.45. The number of hydrogen-bond acceptors (Lipinski definition) is 8. The first kappa shape index (κ1) is 25.0. The van der Waals surface area contributed by atoms with E-state index in [9.17, 15) is 9.59 Å². The van der Waals surface area contributed by atoms with Gasteiger partial charge < -0.3 is 25.0 Å². The number of amides is 1. The van der Waals surface area contributed by atoms with Crippen LogP contribution < -0.4 is 5.32 Å². The number of hydrogen-bond donors (Lipinski definition) is 3. The van der Waals surface area contributed by atoms with E-state index in [4.69, 9.17) is 29.3 Å². The standard InChI is InChI=1S/C19H22N2O4S.C2H2O4/c1-2-25-19(23)17-15(14-6-4-3-5-7-14)13-26-18(17)20-16(22)12-21-8-10-24-11-9-21;3-1(4)2(5)6/h3-7,13H,2,8-12H2,1H3,(H,20,22);(H,3,4)(H,5,6). The maximum atomic E-state index is 12.5. The van der Waals surface area contributed by atoms with E-state index in [0.717, 1.165) is 24.2 Å². The number of carbonyl (C=O) groups excluding carboxylic acids is 2. The van der Waals surface area contributed by atoms with Crippen molar-refractivity contribution in [3.05, 3.63) is 41.3 Å². The summed E-state index contributed by atoms with van der Waals surface area (Å²) >= 11 is 1.34. The van der Waals surface area contributed by atoms with E-state index >= 15 is 0 Å². The number of ether oxygens (including phenoxy) is 2. The topological polar surface area (TPSA) is 142 Å². The summed E-state index contributed by atoms with van der Waals surface area (Å²) in [5.74, 6) is -4.21. The lowest BCUT2D eigenvalue weighted by molar-refractivity contribution is -0.159. The molecule has 0 bridgehead atoms. The highest BCUT2D eigenvalue weighted by Gasteiger charge is 2.23. The first-order valence-corrected chi connectivity index (χ1v) is 10.6. The van der Waals surface area contributed by atoms with Gasteiger partial charge in [0, 0.05) is 24.0 Å².